The summed E-state index contributed by atoms with van der Waals surface area (Å²) in [6.45, 7) is 4.41. The van der Waals surface area contributed by atoms with Crippen molar-refractivity contribution in [2.75, 3.05) is 20.1 Å². The number of carbonyl (C=O) groups excluding carboxylic acids is 1. The van der Waals surface area contributed by atoms with Crippen LogP contribution in [0.3, 0.4) is 0 Å². The summed E-state index contributed by atoms with van der Waals surface area (Å²) < 4.78 is 1.68. The van der Waals surface area contributed by atoms with E-state index in [9.17, 15) is 4.79 Å². The number of nitrogens with zero attached hydrogens (tertiary/aromatic N) is 5. The van der Waals surface area contributed by atoms with Gasteiger partial charge in [0.2, 0.25) is 0 Å². The molecular formula is C24H26N6O. The molecule has 2 aromatic carbocycles. The smallest absolute Gasteiger partial charge is 0.251 e. The summed E-state index contributed by atoms with van der Waals surface area (Å²) >= 11 is 0. The first kappa shape index (κ1) is 20.7. The van der Waals surface area contributed by atoms with Crippen molar-refractivity contribution in [3.05, 3.63) is 83.6 Å². The maximum absolute atomic E-state index is 12.7. The van der Waals surface area contributed by atoms with Crippen molar-refractivity contribution in [3.63, 3.8) is 0 Å². The molecule has 31 heavy (non-hydrogen) atoms. The van der Waals surface area contributed by atoms with Crippen LogP contribution in [-0.4, -0.2) is 50.9 Å². The fraction of sp³-hybridized carbons (Fsp3) is 0.250. The fourth-order valence-corrected chi connectivity index (χ4v) is 3.53. The van der Waals surface area contributed by atoms with Crippen LogP contribution in [0.1, 0.15) is 27.9 Å². The molecule has 158 valence electrons. The first-order chi connectivity index (χ1) is 15.1. The van der Waals surface area contributed by atoms with Gasteiger partial charge in [0.25, 0.3) is 5.91 Å². The van der Waals surface area contributed by atoms with Crippen molar-refractivity contribution >= 4 is 17.1 Å². The molecule has 0 unspecified atom stereocenters. The number of benzene rings is 2. The quantitative estimate of drug-likeness (QED) is 0.448. The Bertz CT molecular complexity index is 1170. The third-order valence-corrected chi connectivity index (χ3v) is 5.21. The summed E-state index contributed by atoms with van der Waals surface area (Å²) in [5.41, 5.74) is 5.07. The molecule has 4 aromatic rings. The summed E-state index contributed by atoms with van der Waals surface area (Å²) in [7, 11) is 2.09. The van der Waals surface area contributed by atoms with Crippen LogP contribution in [0, 0.1) is 6.92 Å². The lowest BCUT2D eigenvalue weighted by molar-refractivity contribution is 0.0952. The number of carbonyl (C=O) groups is 1. The van der Waals surface area contributed by atoms with E-state index in [0.29, 0.717) is 17.8 Å². The molecule has 0 spiro atoms. The molecule has 2 aromatic heterocycles. The van der Waals surface area contributed by atoms with Gasteiger partial charge < -0.3 is 10.2 Å². The molecule has 2 heterocycles. The Morgan fingerprint density at radius 2 is 1.94 bits per heavy atom. The van der Waals surface area contributed by atoms with Crippen LogP contribution in [0.4, 0.5) is 0 Å². The van der Waals surface area contributed by atoms with Gasteiger partial charge in [0.1, 0.15) is 5.52 Å². The fourth-order valence-electron chi connectivity index (χ4n) is 3.53. The van der Waals surface area contributed by atoms with E-state index in [-0.39, 0.29) is 5.91 Å². The van der Waals surface area contributed by atoms with Gasteiger partial charge in [0.15, 0.2) is 5.65 Å². The number of hydrogen-bond acceptors (Lipinski definition) is 5. The van der Waals surface area contributed by atoms with Crippen LogP contribution < -0.4 is 5.32 Å². The predicted molar refractivity (Wildman–Crippen MR) is 121 cm³/mol. The van der Waals surface area contributed by atoms with Gasteiger partial charge in [0, 0.05) is 24.8 Å². The van der Waals surface area contributed by atoms with Crippen LogP contribution in [0.5, 0.6) is 0 Å². The van der Waals surface area contributed by atoms with E-state index >= 15 is 0 Å². The second-order valence-corrected chi connectivity index (χ2v) is 7.68. The average Bonchev–Trinajstić information content (AvgIpc) is 3.21. The molecule has 0 aliphatic carbocycles. The highest BCUT2D eigenvalue weighted by Crippen LogP contribution is 2.19. The van der Waals surface area contributed by atoms with E-state index in [4.69, 9.17) is 0 Å². The van der Waals surface area contributed by atoms with Crippen molar-refractivity contribution in [3.8, 4) is 5.69 Å². The summed E-state index contributed by atoms with van der Waals surface area (Å²) in [6, 6.07) is 19.7. The van der Waals surface area contributed by atoms with E-state index in [1.54, 1.807) is 10.9 Å². The molecule has 7 nitrogen and oxygen atoms in total. The van der Waals surface area contributed by atoms with Crippen molar-refractivity contribution in [1.82, 2.24) is 30.2 Å². The maximum Gasteiger partial charge on any atom is 0.251 e. The van der Waals surface area contributed by atoms with Crippen molar-refractivity contribution in [2.24, 2.45) is 0 Å². The van der Waals surface area contributed by atoms with E-state index in [0.717, 1.165) is 36.3 Å². The third kappa shape index (κ3) is 4.95. The topological polar surface area (TPSA) is 75.9 Å². The van der Waals surface area contributed by atoms with Crippen molar-refractivity contribution in [2.45, 2.75) is 19.9 Å². The largest absolute Gasteiger partial charge is 0.352 e. The van der Waals surface area contributed by atoms with Crippen LogP contribution >= 0.6 is 0 Å². The predicted octanol–water partition coefficient (Wildman–Crippen LogP) is 3.38. The molecular weight excluding hydrogens is 388 g/mol. The van der Waals surface area contributed by atoms with Gasteiger partial charge in [-0.1, -0.05) is 41.6 Å². The lowest BCUT2D eigenvalue weighted by atomic mass is 10.1. The van der Waals surface area contributed by atoms with Crippen LogP contribution in [-0.2, 0) is 6.54 Å². The molecule has 0 atom stereocenters. The number of fused-ring (bicyclic) bond motifs is 1. The van der Waals surface area contributed by atoms with Crippen molar-refractivity contribution < 1.29 is 4.79 Å². The van der Waals surface area contributed by atoms with Crippen molar-refractivity contribution in [1.29, 1.82) is 0 Å². The number of aryl methyl sites for hydroxylation is 1. The summed E-state index contributed by atoms with van der Waals surface area (Å²) in [6.07, 6.45) is 2.59. The van der Waals surface area contributed by atoms with Gasteiger partial charge in [-0.15, -0.1) is 5.10 Å². The zero-order chi connectivity index (χ0) is 21.6. The Kier molecular flexibility index (Phi) is 6.33. The van der Waals surface area contributed by atoms with E-state index < -0.39 is 0 Å². The van der Waals surface area contributed by atoms with Gasteiger partial charge in [-0.3, -0.25) is 4.79 Å². The second-order valence-electron chi connectivity index (χ2n) is 7.68. The molecule has 7 heteroatoms. The lowest BCUT2D eigenvalue weighted by Crippen LogP contribution is -2.28. The van der Waals surface area contributed by atoms with Crippen LogP contribution in [0.25, 0.3) is 16.9 Å². The monoisotopic (exact) mass is 414 g/mol. The lowest BCUT2D eigenvalue weighted by Gasteiger charge is -2.17. The number of aromatic nitrogens is 4. The highest BCUT2D eigenvalue weighted by atomic mass is 16.1. The molecule has 0 aliphatic heterocycles. The molecule has 0 radical (unpaired) electrons. The Morgan fingerprint density at radius 3 is 2.77 bits per heavy atom. The molecule has 4 rings (SSSR count). The van der Waals surface area contributed by atoms with Gasteiger partial charge in [-0.05, 0) is 62.3 Å². The van der Waals surface area contributed by atoms with Gasteiger partial charge in [0.05, 0.1) is 5.69 Å². The van der Waals surface area contributed by atoms with E-state index in [2.05, 4.69) is 56.8 Å². The molecule has 0 bridgehead atoms. The minimum absolute atomic E-state index is 0.0932. The van der Waals surface area contributed by atoms with E-state index in [1.807, 2.05) is 43.3 Å². The zero-order valence-electron chi connectivity index (χ0n) is 17.8. The number of nitrogens with one attached hydrogen (secondary N) is 1. The molecule has 0 aliphatic rings. The van der Waals surface area contributed by atoms with Gasteiger partial charge >= 0.3 is 0 Å². The minimum Gasteiger partial charge on any atom is -0.352 e. The SMILES string of the molecule is Cc1ccc(C(=O)NCCCN(C)Cc2ccccc2)cc1-n1nnc2cccnc21. The van der Waals surface area contributed by atoms with E-state index in [1.165, 1.54) is 5.56 Å². The highest BCUT2D eigenvalue weighted by molar-refractivity contribution is 5.95. The van der Waals surface area contributed by atoms with Crippen LogP contribution in [0.2, 0.25) is 0 Å². The average molecular weight is 415 g/mol. The van der Waals surface area contributed by atoms with Crippen LogP contribution in [0.15, 0.2) is 66.9 Å². The molecule has 0 fully saturated rings. The first-order valence-electron chi connectivity index (χ1n) is 10.4. The number of amides is 1. The standard InChI is InChI=1S/C24H26N6O/c1-18-11-12-20(16-22(18)30-23-21(27-28-30)10-6-13-25-23)24(31)26-14-7-15-29(2)17-19-8-4-3-5-9-19/h3-6,8-13,16H,7,14-15,17H2,1-2H3,(H,26,31). The van der Waals surface area contributed by atoms with Gasteiger partial charge in [-0.25, -0.2) is 4.98 Å². The van der Waals surface area contributed by atoms with Gasteiger partial charge in [-0.2, -0.15) is 4.68 Å². The third-order valence-electron chi connectivity index (χ3n) is 5.21. The second kappa shape index (κ2) is 9.49. The Morgan fingerprint density at radius 1 is 1.10 bits per heavy atom. The minimum atomic E-state index is -0.0932. The molecule has 0 saturated heterocycles. The molecule has 1 N–H and O–H groups in total. The highest BCUT2D eigenvalue weighted by Gasteiger charge is 2.13. The Labute approximate surface area is 181 Å². The number of rotatable bonds is 8. The summed E-state index contributed by atoms with van der Waals surface area (Å²) in [4.78, 5) is 19.3. The summed E-state index contributed by atoms with van der Waals surface area (Å²) in [5.74, 6) is -0.0932. The zero-order valence-corrected chi connectivity index (χ0v) is 17.8. The molecule has 1 amide bonds. The number of pyridine rings is 1. The number of hydrogen-bond donors (Lipinski definition) is 1. The molecule has 0 saturated carbocycles. The Hall–Kier alpha value is -3.58. The summed E-state index contributed by atoms with van der Waals surface area (Å²) in [5, 5.41) is 11.4. The maximum atomic E-state index is 12.7. The first-order valence-corrected chi connectivity index (χ1v) is 10.4. The normalized spacial score (nSPS) is 11.2. The Balaban J connectivity index is 1.35.